The minimum Gasteiger partial charge on any atom is -0.339 e. The van der Waals surface area contributed by atoms with E-state index < -0.39 is 19.7 Å². The second-order valence-electron chi connectivity index (χ2n) is 24.1. The first-order valence-electron chi connectivity index (χ1n) is 25.5. The minimum absolute atomic E-state index is 0.184. The van der Waals surface area contributed by atoms with Crippen molar-refractivity contribution in [1.82, 2.24) is 0 Å². The summed E-state index contributed by atoms with van der Waals surface area (Å²) in [5.41, 5.74) is 12.1. The molecule has 7 nitrogen and oxygen atoms in total. The SMILES string of the molecule is CC(C)(C)c1ccc2c(c1)S(=O)(=O)c1cc(C(C)(C)C)ccc1N2CCCc1ccc(-c2ccc(-c3cc[n+](CCCN4c5ccc(C(C)(C)C)cc5S(=O)(=O)c5cc(C(C)(C)C)ccc54)cc3)cc2)cc1. The van der Waals surface area contributed by atoms with E-state index in [1.165, 1.54) is 5.56 Å². The van der Waals surface area contributed by atoms with Crippen molar-refractivity contribution < 1.29 is 21.4 Å². The zero-order chi connectivity index (χ0) is 51.8. The van der Waals surface area contributed by atoms with Gasteiger partial charge in [-0.15, -0.1) is 0 Å². The maximum atomic E-state index is 14.3. The molecule has 0 amide bonds. The molecular weight excluding hydrogens is 927 g/mol. The van der Waals surface area contributed by atoms with E-state index in [1.54, 1.807) is 0 Å². The second-order valence-corrected chi connectivity index (χ2v) is 27.9. The van der Waals surface area contributed by atoms with E-state index >= 15 is 0 Å². The predicted octanol–water partition coefficient (Wildman–Crippen LogP) is 14.8. The molecule has 6 aromatic carbocycles. The molecule has 0 radical (unpaired) electrons. The molecule has 0 atom stereocenters. The number of hydrogen-bond acceptors (Lipinski definition) is 6. The lowest BCUT2D eigenvalue weighted by Crippen LogP contribution is -2.35. The van der Waals surface area contributed by atoms with Crippen LogP contribution >= 0.6 is 0 Å². The molecule has 374 valence electrons. The largest absolute Gasteiger partial charge is 0.339 e. The monoisotopic (exact) mass is 998 g/mol. The van der Waals surface area contributed by atoms with Gasteiger partial charge in [0.05, 0.1) is 42.3 Å². The number of rotatable bonds is 10. The van der Waals surface area contributed by atoms with Crippen molar-refractivity contribution in [1.29, 1.82) is 0 Å². The fourth-order valence-electron chi connectivity index (χ4n) is 10.0. The summed E-state index contributed by atoms with van der Waals surface area (Å²) in [5, 5.41) is 0. The number of pyridine rings is 1. The average Bonchev–Trinajstić information content (AvgIpc) is 3.32. The predicted molar refractivity (Wildman–Crippen MR) is 296 cm³/mol. The van der Waals surface area contributed by atoms with Gasteiger partial charge in [-0.05, 0) is 133 Å². The number of benzene rings is 6. The second kappa shape index (κ2) is 18.5. The third kappa shape index (κ3) is 9.91. The van der Waals surface area contributed by atoms with Gasteiger partial charge in [-0.2, -0.15) is 0 Å². The topological polar surface area (TPSA) is 78.6 Å². The van der Waals surface area contributed by atoms with Gasteiger partial charge < -0.3 is 9.80 Å². The Kier molecular flexibility index (Phi) is 13.1. The Hall–Kier alpha value is -6.03. The molecule has 1 aromatic heterocycles. The molecule has 72 heavy (non-hydrogen) atoms. The molecule has 0 bridgehead atoms. The number of aryl methyl sites for hydroxylation is 2. The van der Waals surface area contributed by atoms with Crippen molar-refractivity contribution in [2.24, 2.45) is 0 Å². The lowest BCUT2D eigenvalue weighted by Gasteiger charge is -2.35. The van der Waals surface area contributed by atoms with E-state index in [2.05, 4.69) is 195 Å². The summed E-state index contributed by atoms with van der Waals surface area (Å²) in [5.74, 6) is 0. The molecule has 2 aliphatic rings. The van der Waals surface area contributed by atoms with Crippen LogP contribution in [-0.4, -0.2) is 29.9 Å². The van der Waals surface area contributed by atoms with Crippen LogP contribution in [0.4, 0.5) is 22.7 Å². The molecule has 0 N–H and O–H groups in total. The Labute approximate surface area is 430 Å². The van der Waals surface area contributed by atoms with Crippen molar-refractivity contribution in [2.75, 3.05) is 22.9 Å². The summed E-state index contributed by atoms with van der Waals surface area (Å²) < 4.78 is 59.4. The van der Waals surface area contributed by atoms with Crippen molar-refractivity contribution in [3.05, 3.63) is 174 Å². The zero-order valence-electron chi connectivity index (χ0n) is 44.4. The van der Waals surface area contributed by atoms with Crippen LogP contribution < -0.4 is 14.4 Å². The summed E-state index contributed by atoms with van der Waals surface area (Å²) in [7, 11) is -7.44. The number of aromatic nitrogens is 1. The van der Waals surface area contributed by atoms with E-state index in [0.29, 0.717) is 32.7 Å². The fourth-order valence-corrected chi connectivity index (χ4v) is 13.4. The van der Waals surface area contributed by atoms with Crippen LogP contribution in [0.25, 0.3) is 22.3 Å². The lowest BCUT2D eigenvalue weighted by molar-refractivity contribution is -0.697. The van der Waals surface area contributed by atoms with Gasteiger partial charge in [-0.3, -0.25) is 0 Å². The number of anilines is 4. The molecular formula is C63H72N3O4S2+. The molecule has 0 unspecified atom stereocenters. The molecule has 2 aliphatic heterocycles. The Morgan fingerprint density at radius 2 is 0.667 bits per heavy atom. The van der Waals surface area contributed by atoms with Gasteiger partial charge in [0.25, 0.3) is 0 Å². The van der Waals surface area contributed by atoms with Crippen LogP contribution in [0.5, 0.6) is 0 Å². The first-order valence-corrected chi connectivity index (χ1v) is 28.5. The van der Waals surface area contributed by atoms with Crippen LogP contribution in [0.2, 0.25) is 0 Å². The molecule has 0 saturated heterocycles. The van der Waals surface area contributed by atoms with Gasteiger partial charge in [-0.1, -0.05) is 156 Å². The third-order valence-corrected chi connectivity index (χ3v) is 18.3. The summed E-state index contributed by atoms with van der Waals surface area (Å²) >= 11 is 0. The highest BCUT2D eigenvalue weighted by molar-refractivity contribution is 7.92. The number of sulfone groups is 2. The van der Waals surface area contributed by atoms with Crippen molar-refractivity contribution in [2.45, 2.75) is 150 Å². The van der Waals surface area contributed by atoms with Gasteiger partial charge in [0.1, 0.15) is 6.54 Å². The Morgan fingerprint density at radius 3 is 0.986 bits per heavy atom. The van der Waals surface area contributed by atoms with Crippen LogP contribution in [0.3, 0.4) is 0 Å². The van der Waals surface area contributed by atoms with Gasteiger partial charge in [0.15, 0.2) is 12.4 Å². The highest BCUT2D eigenvalue weighted by Crippen LogP contribution is 2.48. The Morgan fingerprint density at radius 1 is 0.375 bits per heavy atom. The first kappa shape index (κ1) is 50.9. The van der Waals surface area contributed by atoms with E-state index in [9.17, 15) is 16.8 Å². The molecule has 0 saturated carbocycles. The van der Waals surface area contributed by atoms with Crippen LogP contribution in [0.15, 0.2) is 165 Å². The van der Waals surface area contributed by atoms with Gasteiger partial charge in [-0.25, -0.2) is 21.4 Å². The summed E-state index contributed by atoms with van der Waals surface area (Å²) in [4.78, 5) is 5.98. The summed E-state index contributed by atoms with van der Waals surface area (Å²) in [6.07, 6.45) is 6.81. The van der Waals surface area contributed by atoms with E-state index in [1.807, 2.05) is 48.5 Å². The van der Waals surface area contributed by atoms with E-state index in [-0.39, 0.29) is 21.7 Å². The number of fused-ring (bicyclic) bond motifs is 4. The molecule has 9 heteroatoms. The van der Waals surface area contributed by atoms with E-state index in [4.69, 9.17) is 0 Å². The Bertz CT molecular complexity index is 3030. The highest BCUT2D eigenvalue weighted by Gasteiger charge is 2.38. The molecule has 7 aromatic rings. The molecule has 3 heterocycles. The van der Waals surface area contributed by atoms with Crippen molar-refractivity contribution in [3.8, 4) is 22.3 Å². The first-order chi connectivity index (χ1) is 33.7. The standard InChI is InChI=1S/C63H72N3O4S2/c1-60(2,3)48-24-28-52-56(39-48)71(67,68)57-40-49(61(4,5)6)25-29-53(57)65(52)35-13-15-43-16-18-44(19-17-43)45-20-22-46(23-21-45)47-32-37-64(38-33-47)34-14-36-66-54-30-26-50(62(7,8)9)41-58(54)72(69,70)59-42-51(63(10,11)12)27-31-55(59)66/h16-33,37-42H,13-15,34-36H2,1-12H3/q+1. The quantitative estimate of drug-likeness (QED) is 0.127. The fraction of sp³-hybridized carbons (Fsp3) is 0.349. The lowest BCUT2D eigenvalue weighted by atomic mass is 9.86. The smallest absolute Gasteiger partial charge is 0.210 e. The van der Waals surface area contributed by atoms with Crippen LogP contribution in [0.1, 0.15) is 124 Å². The normalized spacial score (nSPS) is 15.1. The average molecular weight is 999 g/mol. The molecule has 9 rings (SSSR count). The minimum atomic E-state index is -3.72. The molecule has 0 spiro atoms. The van der Waals surface area contributed by atoms with E-state index in [0.717, 1.165) is 93.1 Å². The highest BCUT2D eigenvalue weighted by atomic mass is 32.2. The van der Waals surface area contributed by atoms with Gasteiger partial charge >= 0.3 is 0 Å². The zero-order valence-corrected chi connectivity index (χ0v) is 46.0. The van der Waals surface area contributed by atoms with Crippen LogP contribution in [-0.2, 0) is 54.3 Å². The molecule has 0 aliphatic carbocycles. The van der Waals surface area contributed by atoms with Gasteiger partial charge in [0.2, 0.25) is 19.7 Å². The molecule has 0 fully saturated rings. The number of nitrogens with zero attached hydrogens (tertiary/aromatic N) is 3. The maximum absolute atomic E-state index is 14.3. The maximum Gasteiger partial charge on any atom is 0.210 e. The Balaban J connectivity index is 0.846. The third-order valence-electron chi connectivity index (χ3n) is 14.7. The number of hydrogen-bond donors (Lipinski definition) is 0. The van der Waals surface area contributed by atoms with Crippen LogP contribution in [0, 0.1) is 0 Å². The van der Waals surface area contributed by atoms with Crippen molar-refractivity contribution >= 4 is 42.4 Å². The van der Waals surface area contributed by atoms with Crippen molar-refractivity contribution in [3.63, 3.8) is 0 Å². The summed E-state index contributed by atoms with van der Waals surface area (Å²) in [6, 6.07) is 45.8. The van der Waals surface area contributed by atoms with Gasteiger partial charge in [0, 0.05) is 31.6 Å². The summed E-state index contributed by atoms with van der Waals surface area (Å²) in [6.45, 7) is 27.6.